The molecular formula is C18H20N4O. The van der Waals surface area contributed by atoms with E-state index in [4.69, 9.17) is 10.00 Å². The lowest BCUT2D eigenvalue weighted by Gasteiger charge is -2.32. The second-order valence-corrected chi connectivity index (χ2v) is 5.88. The molecule has 1 saturated heterocycles. The van der Waals surface area contributed by atoms with Gasteiger partial charge in [-0.1, -0.05) is 6.07 Å². The van der Waals surface area contributed by atoms with Gasteiger partial charge in [0.2, 0.25) is 5.88 Å². The van der Waals surface area contributed by atoms with Crippen LogP contribution < -0.4 is 9.64 Å². The number of nitrogens with zero attached hydrogens (tertiary/aromatic N) is 4. The smallest absolute Gasteiger partial charge is 0.216 e. The molecule has 1 aliphatic rings. The van der Waals surface area contributed by atoms with Crippen molar-refractivity contribution in [3.05, 3.63) is 47.8 Å². The molecule has 5 heteroatoms. The quantitative estimate of drug-likeness (QED) is 0.869. The maximum atomic E-state index is 8.82. The normalized spacial score (nSPS) is 15.2. The van der Waals surface area contributed by atoms with Crippen molar-refractivity contribution in [1.82, 2.24) is 9.97 Å². The first kappa shape index (κ1) is 15.3. The number of anilines is 1. The Hall–Kier alpha value is -2.61. The van der Waals surface area contributed by atoms with Crippen molar-refractivity contribution in [2.45, 2.75) is 19.8 Å². The summed E-state index contributed by atoms with van der Waals surface area (Å²) < 4.78 is 5.87. The highest BCUT2D eigenvalue weighted by molar-refractivity contribution is 5.42. The Morgan fingerprint density at radius 2 is 2.09 bits per heavy atom. The molecule has 118 valence electrons. The van der Waals surface area contributed by atoms with Gasteiger partial charge in [0.15, 0.2) is 0 Å². The zero-order chi connectivity index (χ0) is 16.1. The number of aromatic nitrogens is 2. The van der Waals surface area contributed by atoms with E-state index >= 15 is 0 Å². The lowest BCUT2D eigenvalue weighted by Crippen LogP contribution is -2.36. The highest BCUT2D eigenvalue weighted by Crippen LogP contribution is 2.23. The largest absolute Gasteiger partial charge is 0.477 e. The first-order valence-corrected chi connectivity index (χ1v) is 7.92. The minimum atomic E-state index is 0.547. The van der Waals surface area contributed by atoms with Gasteiger partial charge < -0.3 is 9.64 Å². The van der Waals surface area contributed by atoms with E-state index in [1.165, 1.54) is 0 Å². The van der Waals surface area contributed by atoms with E-state index in [0.717, 1.165) is 43.2 Å². The maximum absolute atomic E-state index is 8.82. The first-order chi connectivity index (χ1) is 11.3. The van der Waals surface area contributed by atoms with Gasteiger partial charge in [-0.3, -0.25) is 0 Å². The van der Waals surface area contributed by atoms with Crippen molar-refractivity contribution >= 4 is 5.82 Å². The van der Waals surface area contributed by atoms with Gasteiger partial charge in [0.1, 0.15) is 11.9 Å². The summed E-state index contributed by atoms with van der Waals surface area (Å²) in [5, 5.41) is 8.82. The molecule has 3 rings (SSSR count). The Bertz CT molecular complexity index is 685. The summed E-state index contributed by atoms with van der Waals surface area (Å²) in [6, 6.07) is 9.78. The van der Waals surface area contributed by atoms with E-state index in [1.54, 1.807) is 12.4 Å². The molecule has 0 aliphatic carbocycles. The number of aryl methyl sites for hydroxylation is 1. The second-order valence-electron chi connectivity index (χ2n) is 5.88. The average Bonchev–Trinajstić information content (AvgIpc) is 2.62. The third kappa shape index (κ3) is 3.78. The van der Waals surface area contributed by atoms with Crippen LogP contribution in [0.2, 0.25) is 0 Å². The van der Waals surface area contributed by atoms with E-state index in [2.05, 4.69) is 20.9 Å². The van der Waals surface area contributed by atoms with E-state index < -0.39 is 0 Å². The van der Waals surface area contributed by atoms with Crippen LogP contribution in [0, 0.1) is 24.2 Å². The van der Waals surface area contributed by atoms with Crippen LogP contribution >= 0.6 is 0 Å². The molecule has 0 unspecified atom stereocenters. The summed E-state index contributed by atoms with van der Waals surface area (Å²) in [4.78, 5) is 10.9. The molecule has 0 radical (unpaired) electrons. The summed E-state index contributed by atoms with van der Waals surface area (Å²) in [6.07, 6.45) is 5.55. The van der Waals surface area contributed by atoms with Crippen LogP contribution in [0.1, 0.15) is 24.0 Å². The lowest BCUT2D eigenvalue weighted by atomic mass is 9.98. The molecule has 0 amide bonds. The number of piperidine rings is 1. The van der Waals surface area contributed by atoms with Crippen molar-refractivity contribution < 1.29 is 4.74 Å². The Morgan fingerprint density at radius 3 is 2.74 bits per heavy atom. The molecule has 0 atom stereocenters. The third-order valence-electron chi connectivity index (χ3n) is 4.23. The van der Waals surface area contributed by atoms with Gasteiger partial charge in [0.25, 0.3) is 0 Å². The molecule has 2 aromatic heterocycles. The van der Waals surface area contributed by atoms with Gasteiger partial charge in [-0.05, 0) is 43.9 Å². The third-order valence-corrected chi connectivity index (χ3v) is 4.23. The first-order valence-electron chi connectivity index (χ1n) is 7.92. The summed E-state index contributed by atoms with van der Waals surface area (Å²) in [5.41, 5.74) is 1.68. The average molecular weight is 308 g/mol. The van der Waals surface area contributed by atoms with E-state index in [1.807, 2.05) is 31.2 Å². The van der Waals surface area contributed by atoms with Crippen LogP contribution in [-0.4, -0.2) is 29.7 Å². The van der Waals surface area contributed by atoms with E-state index in [9.17, 15) is 0 Å². The summed E-state index contributed by atoms with van der Waals surface area (Å²) in [7, 11) is 0. The van der Waals surface area contributed by atoms with E-state index in [0.29, 0.717) is 18.1 Å². The van der Waals surface area contributed by atoms with Crippen LogP contribution in [0.3, 0.4) is 0 Å². The molecule has 0 bridgehead atoms. The topological polar surface area (TPSA) is 62.0 Å². The molecule has 1 fully saturated rings. The van der Waals surface area contributed by atoms with Gasteiger partial charge in [0.05, 0.1) is 12.2 Å². The Balaban J connectivity index is 1.50. The number of pyridine rings is 2. The minimum Gasteiger partial charge on any atom is -0.477 e. The van der Waals surface area contributed by atoms with Crippen LogP contribution in [0.5, 0.6) is 5.88 Å². The monoisotopic (exact) mass is 308 g/mol. The molecule has 0 N–H and O–H groups in total. The van der Waals surface area contributed by atoms with Gasteiger partial charge in [-0.2, -0.15) is 5.26 Å². The molecule has 0 saturated carbocycles. The van der Waals surface area contributed by atoms with Crippen LogP contribution in [0.25, 0.3) is 0 Å². The fraction of sp³-hybridized carbons (Fsp3) is 0.389. The summed E-state index contributed by atoms with van der Waals surface area (Å²) in [5.74, 6) is 2.23. The number of nitriles is 1. The molecule has 1 aliphatic heterocycles. The minimum absolute atomic E-state index is 0.547. The van der Waals surface area contributed by atoms with Gasteiger partial charge in [0, 0.05) is 31.0 Å². The van der Waals surface area contributed by atoms with Gasteiger partial charge in [-0.15, -0.1) is 0 Å². The number of ether oxygens (including phenoxy) is 1. The molecule has 2 aromatic rings. The second kappa shape index (κ2) is 7.10. The molecule has 0 spiro atoms. The Kier molecular flexibility index (Phi) is 4.72. The zero-order valence-corrected chi connectivity index (χ0v) is 13.3. The highest BCUT2D eigenvalue weighted by atomic mass is 16.5. The van der Waals surface area contributed by atoms with Crippen LogP contribution in [0.4, 0.5) is 5.82 Å². The van der Waals surface area contributed by atoms with Crippen molar-refractivity contribution in [1.29, 1.82) is 5.26 Å². The zero-order valence-electron chi connectivity index (χ0n) is 13.3. The molecule has 0 aromatic carbocycles. The standard InChI is InChI=1S/C18H20N4O/c1-14-3-2-8-20-18(14)23-13-15-6-9-22(10-7-15)17-5-4-16(11-19)12-21-17/h2-5,8,12,15H,6-7,9-10,13H2,1H3. The number of hydrogen-bond donors (Lipinski definition) is 0. The predicted molar refractivity (Wildman–Crippen MR) is 88.4 cm³/mol. The number of rotatable bonds is 4. The van der Waals surface area contributed by atoms with Crippen molar-refractivity contribution in [2.75, 3.05) is 24.6 Å². The molecule has 5 nitrogen and oxygen atoms in total. The van der Waals surface area contributed by atoms with Crippen LogP contribution in [0.15, 0.2) is 36.7 Å². The molecular weight excluding hydrogens is 288 g/mol. The van der Waals surface area contributed by atoms with Crippen LogP contribution in [-0.2, 0) is 0 Å². The molecule has 23 heavy (non-hydrogen) atoms. The van der Waals surface area contributed by atoms with Crippen molar-refractivity contribution in [3.8, 4) is 11.9 Å². The number of hydrogen-bond acceptors (Lipinski definition) is 5. The summed E-state index contributed by atoms with van der Waals surface area (Å²) in [6.45, 7) is 4.66. The van der Waals surface area contributed by atoms with Gasteiger partial charge in [-0.25, -0.2) is 9.97 Å². The van der Waals surface area contributed by atoms with Crippen molar-refractivity contribution in [2.24, 2.45) is 5.92 Å². The SMILES string of the molecule is Cc1cccnc1OCC1CCN(c2ccc(C#N)cn2)CC1. The predicted octanol–water partition coefficient (Wildman–Crippen LogP) is 2.95. The Labute approximate surface area is 136 Å². The molecule has 3 heterocycles. The Morgan fingerprint density at radius 1 is 1.26 bits per heavy atom. The fourth-order valence-electron chi connectivity index (χ4n) is 2.79. The summed E-state index contributed by atoms with van der Waals surface area (Å²) >= 11 is 0. The maximum Gasteiger partial charge on any atom is 0.216 e. The lowest BCUT2D eigenvalue weighted by molar-refractivity contribution is 0.214. The highest BCUT2D eigenvalue weighted by Gasteiger charge is 2.21. The fourth-order valence-corrected chi connectivity index (χ4v) is 2.79. The van der Waals surface area contributed by atoms with E-state index in [-0.39, 0.29) is 0 Å². The van der Waals surface area contributed by atoms with Gasteiger partial charge >= 0.3 is 0 Å². The van der Waals surface area contributed by atoms with Crippen molar-refractivity contribution in [3.63, 3.8) is 0 Å².